The number of carbonyl (C=O) groups excluding carboxylic acids is 2. The first-order valence-electron chi connectivity index (χ1n) is 5.82. The third-order valence-electron chi connectivity index (χ3n) is 2.99. The molecule has 1 unspecified atom stereocenters. The van der Waals surface area contributed by atoms with Crippen LogP contribution in [0.3, 0.4) is 0 Å². The Labute approximate surface area is 106 Å². The number of rotatable bonds is 3. The van der Waals surface area contributed by atoms with Crippen molar-refractivity contribution in [1.82, 2.24) is 4.90 Å². The Morgan fingerprint density at radius 2 is 2.22 bits per heavy atom. The van der Waals surface area contributed by atoms with Gasteiger partial charge in [-0.25, -0.2) is 0 Å². The Kier molecular flexibility index (Phi) is 3.62. The molecule has 1 aliphatic heterocycles. The topological polar surface area (TPSA) is 72.6 Å². The zero-order valence-corrected chi connectivity index (χ0v) is 10.3. The number of methoxy groups -OCH3 is 1. The molecule has 1 aromatic carbocycles. The highest BCUT2D eigenvalue weighted by Gasteiger charge is 2.31. The van der Waals surface area contributed by atoms with Crippen LogP contribution in [0.4, 0.5) is 0 Å². The van der Waals surface area contributed by atoms with Crippen LogP contribution in [-0.4, -0.2) is 36.4 Å². The molecular weight excluding hydrogens is 232 g/mol. The van der Waals surface area contributed by atoms with Gasteiger partial charge in [-0.1, -0.05) is 18.2 Å². The van der Waals surface area contributed by atoms with Gasteiger partial charge in [0.1, 0.15) is 5.75 Å². The van der Waals surface area contributed by atoms with E-state index in [1.165, 1.54) is 4.90 Å². The third kappa shape index (κ3) is 2.51. The minimum absolute atomic E-state index is 0.155. The maximum atomic E-state index is 12.0. The molecule has 5 nitrogen and oxygen atoms in total. The number of imide groups is 1. The van der Waals surface area contributed by atoms with Crippen LogP contribution in [0, 0.1) is 0 Å². The Morgan fingerprint density at radius 1 is 1.50 bits per heavy atom. The number of nitrogens with zero attached hydrogens (tertiary/aromatic N) is 1. The predicted octanol–water partition coefficient (Wildman–Crippen LogP) is 0.324. The highest BCUT2D eigenvalue weighted by Crippen LogP contribution is 2.19. The first-order chi connectivity index (χ1) is 8.61. The number of carbonyl (C=O) groups is 2. The van der Waals surface area contributed by atoms with Crippen LogP contribution in [0.2, 0.25) is 0 Å². The standard InChI is InChI=1S/C13H16N2O3/c1-18-11-5-3-2-4-9(11)6-12(16)15-8-10(14)7-13(15)17/h2-5,10H,6-8,14H2,1H3. The summed E-state index contributed by atoms with van der Waals surface area (Å²) in [4.78, 5) is 24.8. The van der Waals surface area contributed by atoms with Crippen LogP contribution in [0.5, 0.6) is 5.75 Å². The number of hydrogen-bond donors (Lipinski definition) is 1. The summed E-state index contributed by atoms with van der Waals surface area (Å²) in [7, 11) is 1.56. The van der Waals surface area contributed by atoms with Crippen molar-refractivity contribution in [2.75, 3.05) is 13.7 Å². The molecule has 1 atom stereocenters. The van der Waals surface area contributed by atoms with Gasteiger partial charge in [0.25, 0.3) is 0 Å². The van der Waals surface area contributed by atoms with Crippen molar-refractivity contribution >= 4 is 11.8 Å². The Morgan fingerprint density at radius 3 is 2.83 bits per heavy atom. The summed E-state index contributed by atoms with van der Waals surface area (Å²) in [6, 6.07) is 7.04. The summed E-state index contributed by atoms with van der Waals surface area (Å²) >= 11 is 0. The van der Waals surface area contributed by atoms with E-state index >= 15 is 0 Å². The van der Waals surface area contributed by atoms with Crippen LogP contribution in [0.25, 0.3) is 0 Å². The lowest BCUT2D eigenvalue weighted by Gasteiger charge is -2.15. The SMILES string of the molecule is COc1ccccc1CC(=O)N1CC(N)CC1=O. The van der Waals surface area contributed by atoms with Crippen molar-refractivity contribution in [3.63, 3.8) is 0 Å². The van der Waals surface area contributed by atoms with E-state index in [0.717, 1.165) is 5.56 Å². The second-order valence-electron chi connectivity index (χ2n) is 4.35. The normalized spacial score (nSPS) is 19.1. The van der Waals surface area contributed by atoms with E-state index in [1.807, 2.05) is 18.2 Å². The molecule has 1 heterocycles. The first kappa shape index (κ1) is 12.6. The van der Waals surface area contributed by atoms with Crippen LogP contribution >= 0.6 is 0 Å². The van der Waals surface area contributed by atoms with Crippen molar-refractivity contribution in [3.05, 3.63) is 29.8 Å². The van der Waals surface area contributed by atoms with E-state index in [-0.39, 0.29) is 30.7 Å². The van der Waals surface area contributed by atoms with Crippen molar-refractivity contribution in [2.45, 2.75) is 18.9 Å². The molecule has 0 spiro atoms. The van der Waals surface area contributed by atoms with Crippen LogP contribution in [0.15, 0.2) is 24.3 Å². The van der Waals surface area contributed by atoms with Gasteiger partial charge in [-0.2, -0.15) is 0 Å². The monoisotopic (exact) mass is 248 g/mol. The van der Waals surface area contributed by atoms with E-state index in [0.29, 0.717) is 12.3 Å². The highest BCUT2D eigenvalue weighted by atomic mass is 16.5. The molecule has 2 N–H and O–H groups in total. The molecule has 0 aromatic heterocycles. The highest BCUT2D eigenvalue weighted by molar-refractivity contribution is 5.98. The molecule has 18 heavy (non-hydrogen) atoms. The lowest BCUT2D eigenvalue weighted by molar-refractivity contribution is -0.141. The number of hydrogen-bond acceptors (Lipinski definition) is 4. The number of likely N-dealkylation sites (tertiary alicyclic amines) is 1. The average molecular weight is 248 g/mol. The number of nitrogens with two attached hydrogens (primary N) is 1. The molecule has 2 rings (SSSR count). The molecule has 1 saturated heterocycles. The van der Waals surface area contributed by atoms with E-state index in [1.54, 1.807) is 13.2 Å². The maximum Gasteiger partial charge on any atom is 0.233 e. The largest absolute Gasteiger partial charge is 0.496 e. The zero-order chi connectivity index (χ0) is 13.1. The number of para-hydroxylation sites is 1. The van der Waals surface area contributed by atoms with Gasteiger partial charge >= 0.3 is 0 Å². The van der Waals surface area contributed by atoms with Gasteiger partial charge in [-0.15, -0.1) is 0 Å². The van der Waals surface area contributed by atoms with Crippen molar-refractivity contribution < 1.29 is 14.3 Å². The number of benzene rings is 1. The molecule has 0 saturated carbocycles. The first-order valence-corrected chi connectivity index (χ1v) is 5.82. The molecule has 2 amide bonds. The quantitative estimate of drug-likeness (QED) is 0.836. The molecule has 96 valence electrons. The fourth-order valence-electron chi connectivity index (χ4n) is 2.08. The van der Waals surface area contributed by atoms with Crippen LogP contribution < -0.4 is 10.5 Å². The van der Waals surface area contributed by atoms with E-state index in [9.17, 15) is 9.59 Å². The molecule has 0 bridgehead atoms. The summed E-state index contributed by atoms with van der Waals surface area (Å²) in [5.74, 6) is 0.238. The van der Waals surface area contributed by atoms with Crippen molar-refractivity contribution in [2.24, 2.45) is 5.73 Å². The molecule has 1 aliphatic rings. The summed E-state index contributed by atoms with van der Waals surface area (Å²) in [6.45, 7) is 0.312. The minimum atomic E-state index is -0.237. The predicted molar refractivity (Wildman–Crippen MR) is 66.0 cm³/mol. The van der Waals surface area contributed by atoms with E-state index in [2.05, 4.69) is 0 Å². The van der Waals surface area contributed by atoms with E-state index in [4.69, 9.17) is 10.5 Å². The third-order valence-corrected chi connectivity index (χ3v) is 2.99. The van der Waals surface area contributed by atoms with E-state index < -0.39 is 0 Å². The van der Waals surface area contributed by atoms with Gasteiger partial charge in [0.2, 0.25) is 11.8 Å². The lowest BCUT2D eigenvalue weighted by atomic mass is 10.1. The van der Waals surface area contributed by atoms with Gasteiger partial charge in [0, 0.05) is 24.6 Å². The zero-order valence-electron chi connectivity index (χ0n) is 10.3. The Balaban J connectivity index is 2.10. The van der Waals surface area contributed by atoms with Crippen LogP contribution in [0.1, 0.15) is 12.0 Å². The fraction of sp³-hybridized carbons (Fsp3) is 0.385. The summed E-state index contributed by atoms with van der Waals surface area (Å²) in [6.07, 6.45) is 0.403. The van der Waals surface area contributed by atoms with Gasteiger partial charge in [-0.05, 0) is 6.07 Å². The second kappa shape index (κ2) is 5.18. The van der Waals surface area contributed by atoms with Gasteiger partial charge in [-0.3, -0.25) is 14.5 Å². The Bertz CT molecular complexity index is 473. The molecule has 5 heteroatoms. The van der Waals surface area contributed by atoms with Crippen molar-refractivity contribution in [1.29, 1.82) is 0 Å². The van der Waals surface area contributed by atoms with Crippen LogP contribution in [-0.2, 0) is 16.0 Å². The van der Waals surface area contributed by atoms with Gasteiger partial charge in [0.15, 0.2) is 0 Å². The smallest absolute Gasteiger partial charge is 0.233 e. The molecule has 0 radical (unpaired) electrons. The van der Waals surface area contributed by atoms with Crippen molar-refractivity contribution in [3.8, 4) is 5.75 Å². The lowest BCUT2D eigenvalue weighted by Crippen LogP contribution is -2.35. The molecule has 0 aliphatic carbocycles. The Hall–Kier alpha value is -1.88. The number of ether oxygens (including phenoxy) is 1. The maximum absolute atomic E-state index is 12.0. The van der Waals surface area contributed by atoms with Gasteiger partial charge < -0.3 is 10.5 Å². The fourth-order valence-corrected chi connectivity index (χ4v) is 2.08. The molecule has 1 fully saturated rings. The van der Waals surface area contributed by atoms with Gasteiger partial charge in [0.05, 0.1) is 13.5 Å². The summed E-state index contributed by atoms with van der Waals surface area (Å²) in [5.41, 5.74) is 6.44. The minimum Gasteiger partial charge on any atom is -0.496 e. The molecule has 1 aromatic rings. The average Bonchev–Trinajstić information content (AvgIpc) is 2.69. The summed E-state index contributed by atoms with van der Waals surface area (Å²) < 4.78 is 5.18. The molecular formula is C13H16N2O3. The number of amides is 2. The summed E-state index contributed by atoms with van der Waals surface area (Å²) in [5, 5.41) is 0. The second-order valence-corrected chi connectivity index (χ2v) is 4.35.